The Morgan fingerprint density at radius 1 is 1.02 bits per heavy atom. The van der Waals surface area contributed by atoms with Crippen LogP contribution in [0.2, 0.25) is 5.02 Å². The number of aliphatic hydroxyl groups excluding tert-OH is 1. The lowest BCUT2D eigenvalue weighted by molar-refractivity contribution is 0.252. The van der Waals surface area contributed by atoms with Gasteiger partial charge in [-0.15, -0.1) is 0 Å². The van der Waals surface area contributed by atoms with E-state index in [4.69, 9.17) is 21.3 Å². The molecular weight excluding hydrogens is 529 g/mol. The number of anilines is 1. The Morgan fingerprint density at radius 3 is 2.62 bits per heavy atom. The van der Waals surface area contributed by atoms with Crippen molar-refractivity contribution in [1.82, 2.24) is 19.5 Å². The van der Waals surface area contributed by atoms with E-state index in [1.807, 2.05) is 53.2 Å². The summed E-state index contributed by atoms with van der Waals surface area (Å²) in [5.41, 5.74) is 1.79. The van der Waals surface area contributed by atoms with Crippen LogP contribution in [-0.4, -0.2) is 44.3 Å². The Labute approximate surface area is 236 Å². The minimum atomic E-state index is -0.522. The van der Waals surface area contributed by atoms with Crippen molar-refractivity contribution in [3.63, 3.8) is 0 Å². The van der Waals surface area contributed by atoms with Crippen molar-refractivity contribution in [2.45, 2.75) is 32.4 Å². The molecule has 0 amide bonds. The van der Waals surface area contributed by atoms with Crippen LogP contribution < -0.4 is 9.64 Å². The van der Waals surface area contributed by atoms with Crippen LogP contribution in [0.3, 0.4) is 0 Å². The highest BCUT2D eigenvalue weighted by atomic mass is 35.5. The maximum absolute atomic E-state index is 16.4. The van der Waals surface area contributed by atoms with Crippen molar-refractivity contribution in [2.75, 3.05) is 24.6 Å². The smallest absolute Gasteiger partial charge is 0.319 e. The summed E-state index contributed by atoms with van der Waals surface area (Å²) in [6.45, 7) is 2.49. The summed E-state index contributed by atoms with van der Waals surface area (Å²) in [4.78, 5) is 16.2. The third-order valence-corrected chi connectivity index (χ3v) is 8.62. The van der Waals surface area contributed by atoms with Crippen LogP contribution in [0.25, 0.3) is 32.9 Å². The number of aromatic nitrogens is 4. The van der Waals surface area contributed by atoms with Crippen LogP contribution in [0.1, 0.15) is 25.0 Å². The average molecular weight is 558 g/mol. The summed E-state index contributed by atoms with van der Waals surface area (Å²) < 4.78 is 24.4. The van der Waals surface area contributed by atoms with E-state index in [0.717, 1.165) is 29.6 Å². The van der Waals surface area contributed by atoms with Crippen molar-refractivity contribution in [3.8, 4) is 17.3 Å². The number of rotatable bonds is 7. The molecule has 2 bridgehead atoms. The molecule has 1 saturated carbocycles. The fourth-order valence-electron chi connectivity index (χ4n) is 6.44. The van der Waals surface area contributed by atoms with Crippen molar-refractivity contribution in [3.05, 3.63) is 77.5 Å². The first-order chi connectivity index (χ1) is 19.6. The van der Waals surface area contributed by atoms with Gasteiger partial charge in [0.15, 0.2) is 5.82 Å². The van der Waals surface area contributed by atoms with E-state index >= 15 is 4.39 Å². The van der Waals surface area contributed by atoms with Crippen molar-refractivity contribution < 1.29 is 14.2 Å². The lowest BCUT2D eigenvalue weighted by Crippen LogP contribution is -2.37. The van der Waals surface area contributed by atoms with Crippen LogP contribution in [-0.2, 0) is 13.2 Å². The second kappa shape index (κ2) is 10.3. The molecule has 2 unspecified atom stereocenters. The number of hydrogen-bond acceptors (Lipinski definition) is 6. The second-order valence-electron chi connectivity index (χ2n) is 10.8. The van der Waals surface area contributed by atoms with Crippen LogP contribution in [0.4, 0.5) is 10.2 Å². The monoisotopic (exact) mass is 557 g/mol. The van der Waals surface area contributed by atoms with Crippen molar-refractivity contribution >= 4 is 39.1 Å². The molecule has 2 atom stereocenters. The maximum atomic E-state index is 16.4. The number of fused-ring (bicyclic) bond motifs is 4. The molecule has 40 heavy (non-hydrogen) atoms. The first-order valence-corrected chi connectivity index (χ1v) is 14.1. The van der Waals surface area contributed by atoms with Gasteiger partial charge in [-0.1, -0.05) is 41.9 Å². The van der Waals surface area contributed by atoms with E-state index in [9.17, 15) is 5.11 Å². The maximum Gasteiger partial charge on any atom is 0.319 e. The van der Waals surface area contributed by atoms with Gasteiger partial charge in [0.05, 0.1) is 18.5 Å². The lowest BCUT2D eigenvalue weighted by Gasteiger charge is -2.33. The van der Waals surface area contributed by atoms with E-state index < -0.39 is 5.82 Å². The molecule has 2 aliphatic rings. The molecule has 2 aromatic carbocycles. The standard InChI is InChI=1S/C31H29ClFN5O2/c32-25-8-2-5-21-4-1-7-23(26(21)25)28-27(33)29-24(15-34-28)30(38-16-19-9-10-20(14-19)17-38)36-31(35-29)40-13-12-37-11-3-6-22(37)18-39/h1-8,11,15,19-20,39H,9-10,12-14,16-18H2. The summed E-state index contributed by atoms with van der Waals surface area (Å²) in [5.74, 6) is 1.39. The number of benzene rings is 2. The Kier molecular flexibility index (Phi) is 6.52. The summed E-state index contributed by atoms with van der Waals surface area (Å²) in [6.07, 6.45) is 7.25. The highest BCUT2D eigenvalue weighted by Gasteiger charge is 2.34. The topological polar surface area (TPSA) is 76.3 Å². The largest absolute Gasteiger partial charge is 0.461 e. The van der Waals surface area contributed by atoms with Crippen LogP contribution >= 0.6 is 11.6 Å². The number of aliphatic hydroxyl groups is 1. The number of ether oxygens (including phenoxy) is 1. The zero-order valence-electron chi connectivity index (χ0n) is 21.9. The Bertz CT molecular complexity index is 1710. The normalized spacial score (nSPS) is 18.6. The van der Waals surface area contributed by atoms with Gasteiger partial charge >= 0.3 is 6.01 Å². The second-order valence-corrected chi connectivity index (χ2v) is 11.2. The lowest BCUT2D eigenvalue weighted by atomic mass is 9.98. The molecule has 0 spiro atoms. The molecule has 7 nitrogen and oxygen atoms in total. The van der Waals surface area contributed by atoms with E-state index in [-0.39, 0.29) is 30.4 Å². The number of piperidine rings is 1. The highest BCUT2D eigenvalue weighted by Crippen LogP contribution is 2.41. The zero-order chi connectivity index (χ0) is 27.2. The highest BCUT2D eigenvalue weighted by molar-refractivity contribution is 6.36. The molecule has 1 aliphatic heterocycles. The number of pyridine rings is 1. The first-order valence-electron chi connectivity index (χ1n) is 13.8. The number of halogens is 2. The molecule has 1 aliphatic carbocycles. The first kappa shape index (κ1) is 25.2. The van der Waals surface area contributed by atoms with Gasteiger partial charge < -0.3 is 19.3 Å². The Balaban J connectivity index is 1.32. The minimum Gasteiger partial charge on any atom is -0.461 e. The molecule has 2 fully saturated rings. The third-order valence-electron chi connectivity index (χ3n) is 8.31. The van der Waals surface area contributed by atoms with Gasteiger partial charge in [0, 0.05) is 47.1 Å². The zero-order valence-corrected chi connectivity index (χ0v) is 22.7. The van der Waals surface area contributed by atoms with Crippen LogP contribution in [0.15, 0.2) is 60.9 Å². The quantitative estimate of drug-likeness (QED) is 0.255. The Hall–Kier alpha value is -3.75. The number of hydrogen-bond donors (Lipinski definition) is 1. The number of nitrogens with zero attached hydrogens (tertiary/aromatic N) is 5. The molecule has 7 rings (SSSR count). The van der Waals surface area contributed by atoms with Gasteiger partial charge in [-0.2, -0.15) is 9.97 Å². The van der Waals surface area contributed by atoms with Gasteiger partial charge in [-0.3, -0.25) is 4.98 Å². The summed E-state index contributed by atoms with van der Waals surface area (Å²) in [6, 6.07) is 15.2. The summed E-state index contributed by atoms with van der Waals surface area (Å²) in [5, 5.41) is 12.3. The molecule has 9 heteroatoms. The van der Waals surface area contributed by atoms with Gasteiger partial charge in [0.25, 0.3) is 0 Å². The minimum absolute atomic E-state index is 0.0555. The van der Waals surface area contributed by atoms with E-state index in [2.05, 4.69) is 14.9 Å². The van der Waals surface area contributed by atoms with E-state index in [1.165, 1.54) is 19.3 Å². The molecule has 4 heterocycles. The van der Waals surface area contributed by atoms with Crippen LogP contribution in [0, 0.1) is 17.7 Å². The van der Waals surface area contributed by atoms with Crippen molar-refractivity contribution in [1.29, 1.82) is 0 Å². The predicted octanol–water partition coefficient (Wildman–Crippen LogP) is 6.25. The molecule has 1 N–H and O–H groups in total. The summed E-state index contributed by atoms with van der Waals surface area (Å²) in [7, 11) is 0. The average Bonchev–Trinajstić information content (AvgIpc) is 3.57. The SMILES string of the molecule is OCc1cccn1CCOc1nc(N2CC3CCC(C3)C2)c2cnc(-c3cccc4cccc(Cl)c34)c(F)c2n1. The fraction of sp³-hybridized carbons (Fsp3) is 0.323. The summed E-state index contributed by atoms with van der Waals surface area (Å²) >= 11 is 6.57. The molecule has 0 radical (unpaired) electrons. The Morgan fingerprint density at radius 2 is 1.82 bits per heavy atom. The van der Waals surface area contributed by atoms with Gasteiger partial charge in [-0.25, -0.2) is 4.39 Å². The van der Waals surface area contributed by atoms with Gasteiger partial charge in [0.1, 0.15) is 23.6 Å². The van der Waals surface area contributed by atoms with E-state index in [1.54, 1.807) is 12.3 Å². The van der Waals surface area contributed by atoms with Crippen molar-refractivity contribution in [2.24, 2.45) is 11.8 Å². The predicted molar refractivity (Wildman–Crippen MR) is 154 cm³/mol. The van der Waals surface area contributed by atoms with Gasteiger partial charge in [0.2, 0.25) is 0 Å². The molecule has 1 saturated heterocycles. The fourth-order valence-corrected chi connectivity index (χ4v) is 6.72. The molecule has 3 aromatic heterocycles. The molecule has 5 aromatic rings. The van der Waals surface area contributed by atoms with Crippen LogP contribution in [0.5, 0.6) is 6.01 Å². The van der Waals surface area contributed by atoms with E-state index in [0.29, 0.717) is 40.2 Å². The molecule has 204 valence electrons. The molecular formula is C31H29ClFN5O2. The third kappa shape index (κ3) is 4.45. The van der Waals surface area contributed by atoms with Gasteiger partial charge in [-0.05, 0) is 54.7 Å².